The van der Waals surface area contributed by atoms with E-state index in [-0.39, 0.29) is 23.4 Å². The number of oxime groups is 1. The number of halogens is 1. The van der Waals surface area contributed by atoms with Crippen molar-refractivity contribution in [1.29, 1.82) is 0 Å². The zero-order chi connectivity index (χ0) is 23.8. The predicted octanol–water partition coefficient (Wildman–Crippen LogP) is 4.24. The largest absolute Gasteiger partial charge is 0.460 e. The summed E-state index contributed by atoms with van der Waals surface area (Å²) in [5, 5.41) is 12.3. The lowest BCUT2D eigenvalue weighted by molar-refractivity contribution is -0.164. The van der Waals surface area contributed by atoms with E-state index in [0.29, 0.717) is 47.2 Å². The minimum absolute atomic E-state index is 0.159. The Morgan fingerprint density at radius 1 is 1.24 bits per heavy atom. The third-order valence-electron chi connectivity index (χ3n) is 5.70. The zero-order valence-electron chi connectivity index (χ0n) is 18.8. The van der Waals surface area contributed by atoms with Crippen LogP contribution < -0.4 is 5.56 Å². The molecule has 1 N–H and O–H groups in total. The molecule has 0 bridgehead atoms. The maximum Gasteiger partial charge on any atom is 0.309 e. The summed E-state index contributed by atoms with van der Waals surface area (Å²) in [6.45, 7) is 5.53. The Morgan fingerprint density at radius 2 is 1.94 bits per heavy atom. The van der Waals surface area contributed by atoms with Crippen LogP contribution in [0.1, 0.15) is 45.0 Å². The predicted molar refractivity (Wildman–Crippen MR) is 122 cm³/mol. The fourth-order valence-electron chi connectivity index (χ4n) is 4.13. The van der Waals surface area contributed by atoms with Crippen LogP contribution in [0.2, 0.25) is 0 Å². The number of carbonyl (C=O) groups excluding carboxylic acids is 1. The van der Waals surface area contributed by atoms with E-state index >= 15 is 0 Å². The molecule has 33 heavy (non-hydrogen) atoms. The molecular weight excluding hydrogens is 425 g/mol. The molecule has 0 aliphatic heterocycles. The average molecular weight is 451 g/mol. The lowest BCUT2D eigenvalue weighted by Gasteiger charge is -2.35. The number of hydrogen-bond acceptors (Lipinski definition) is 6. The highest BCUT2D eigenvalue weighted by Gasteiger charge is 2.38. The second kappa shape index (κ2) is 8.77. The Balaban J connectivity index is 1.68. The van der Waals surface area contributed by atoms with Gasteiger partial charge >= 0.3 is 5.97 Å². The summed E-state index contributed by atoms with van der Waals surface area (Å²) in [7, 11) is 0. The van der Waals surface area contributed by atoms with Crippen LogP contribution in [0.15, 0.2) is 52.4 Å². The standard InChI is InChI=1S/C25H26FN3O4/c1-25(2,3)33-24(31)17-10-16(11-17)13-22-28-21-12-15(14-27-32)4-9-20(21)23(30)29(22)19-7-5-18(26)6-8-19/h4-9,12,14,16-17,32H,10-11,13H2,1-3H3. The SMILES string of the molecule is CC(C)(C)OC(=O)C1CC(Cc2nc3cc(C=NO)ccc3c(=O)n2-c2ccc(F)cc2)C1. The van der Waals surface area contributed by atoms with Crippen molar-refractivity contribution in [3.8, 4) is 5.69 Å². The molecular formula is C25H26FN3O4. The lowest BCUT2D eigenvalue weighted by Crippen LogP contribution is -2.37. The van der Waals surface area contributed by atoms with E-state index in [4.69, 9.17) is 14.9 Å². The molecule has 1 aliphatic rings. The number of hydrogen-bond donors (Lipinski definition) is 1. The highest BCUT2D eigenvalue weighted by molar-refractivity contribution is 5.88. The quantitative estimate of drug-likeness (QED) is 0.271. The van der Waals surface area contributed by atoms with Crippen LogP contribution in [-0.2, 0) is 16.0 Å². The summed E-state index contributed by atoms with van der Waals surface area (Å²) in [5.74, 6) is -0.0538. The van der Waals surface area contributed by atoms with Crippen molar-refractivity contribution in [2.75, 3.05) is 0 Å². The number of fused-ring (bicyclic) bond motifs is 1. The highest BCUT2D eigenvalue weighted by Crippen LogP contribution is 2.37. The van der Waals surface area contributed by atoms with Crippen molar-refractivity contribution in [3.63, 3.8) is 0 Å². The molecule has 8 heteroatoms. The van der Waals surface area contributed by atoms with Gasteiger partial charge in [-0.25, -0.2) is 9.37 Å². The number of aromatic nitrogens is 2. The lowest BCUT2D eigenvalue weighted by atomic mass is 9.73. The smallest absolute Gasteiger partial charge is 0.309 e. The molecule has 0 amide bonds. The maximum absolute atomic E-state index is 13.5. The van der Waals surface area contributed by atoms with E-state index < -0.39 is 11.4 Å². The van der Waals surface area contributed by atoms with Crippen molar-refractivity contribution in [2.24, 2.45) is 17.0 Å². The maximum atomic E-state index is 13.5. The molecule has 172 valence electrons. The molecule has 3 aromatic rings. The van der Waals surface area contributed by atoms with E-state index in [9.17, 15) is 14.0 Å². The molecule has 0 atom stereocenters. The second-order valence-corrected chi connectivity index (χ2v) is 9.44. The molecule has 1 fully saturated rings. The molecule has 0 spiro atoms. The number of carbonyl (C=O) groups is 1. The topological polar surface area (TPSA) is 93.8 Å². The number of esters is 1. The summed E-state index contributed by atoms with van der Waals surface area (Å²) >= 11 is 0. The van der Waals surface area contributed by atoms with Crippen LogP contribution in [0.4, 0.5) is 4.39 Å². The normalized spacial score (nSPS) is 18.4. The van der Waals surface area contributed by atoms with Gasteiger partial charge in [0.25, 0.3) is 5.56 Å². The van der Waals surface area contributed by atoms with Crippen LogP contribution in [0.5, 0.6) is 0 Å². The molecule has 1 saturated carbocycles. The Bertz CT molecular complexity index is 1270. The average Bonchev–Trinajstić information content (AvgIpc) is 2.70. The van der Waals surface area contributed by atoms with Crippen LogP contribution in [0.25, 0.3) is 16.6 Å². The summed E-state index contributed by atoms with van der Waals surface area (Å²) in [5.41, 5.74) is 0.817. The van der Waals surface area contributed by atoms with E-state index in [1.807, 2.05) is 20.8 Å². The molecule has 1 heterocycles. The molecule has 0 radical (unpaired) electrons. The van der Waals surface area contributed by atoms with E-state index in [1.54, 1.807) is 30.3 Å². The van der Waals surface area contributed by atoms with Gasteiger partial charge in [-0.2, -0.15) is 0 Å². The van der Waals surface area contributed by atoms with Gasteiger partial charge in [0.15, 0.2) is 0 Å². The molecule has 0 unspecified atom stereocenters. The van der Waals surface area contributed by atoms with Crippen LogP contribution in [0, 0.1) is 17.7 Å². The minimum atomic E-state index is -0.527. The van der Waals surface area contributed by atoms with Crippen molar-refractivity contribution in [3.05, 3.63) is 70.0 Å². The van der Waals surface area contributed by atoms with Crippen molar-refractivity contribution >= 4 is 23.1 Å². The van der Waals surface area contributed by atoms with Crippen LogP contribution in [0.3, 0.4) is 0 Å². The summed E-state index contributed by atoms with van der Waals surface area (Å²) in [6.07, 6.45) is 3.07. The van der Waals surface area contributed by atoms with Gasteiger partial charge in [0, 0.05) is 6.42 Å². The summed E-state index contributed by atoms with van der Waals surface area (Å²) < 4.78 is 20.5. The monoisotopic (exact) mass is 451 g/mol. The first-order valence-electron chi connectivity index (χ1n) is 10.9. The van der Waals surface area contributed by atoms with Crippen LogP contribution >= 0.6 is 0 Å². The molecule has 0 saturated heterocycles. The number of ether oxygens (including phenoxy) is 1. The molecule has 1 aliphatic carbocycles. The number of benzene rings is 2. The first-order valence-corrected chi connectivity index (χ1v) is 10.9. The molecule has 1 aromatic heterocycles. The van der Waals surface area contributed by atoms with Gasteiger partial charge in [-0.1, -0.05) is 11.2 Å². The van der Waals surface area contributed by atoms with Crippen molar-refractivity contribution in [1.82, 2.24) is 9.55 Å². The Morgan fingerprint density at radius 3 is 2.58 bits per heavy atom. The van der Waals surface area contributed by atoms with Gasteiger partial charge in [0.2, 0.25) is 0 Å². The van der Waals surface area contributed by atoms with Crippen molar-refractivity contribution in [2.45, 2.75) is 45.6 Å². The minimum Gasteiger partial charge on any atom is -0.460 e. The zero-order valence-corrected chi connectivity index (χ0v) is 18.8. The fourth-order valence-corrected chi connectivity index (χ4v) is 4.13. The molecule has 4 rings (SSSR count). The molecule has 2 aromatic carbocycles. The Hall–Kier alpha value is -3.55. The van der Waals surface area contributed by atoms with E-state index in [1.165, 1.54) is 22.9 Å². The third-order valence-corrected chi connectivity index (χ3v) is 5.70. The molecule has 7 nitrogen and oxygen atoms in total. The van der Waals surface area contributed by atoms with Crippen LogP contribution in [-0.4, -0.2) is 32.5 Å². The van der Waals surface area contributed by atoms with Crippen molar-refractivity contribution < 1.29 is 19.1 Å². The van der Waals surface area contributed by atoms with Gasteiger partial charge < -0.3 is 9.94 Å². The highest BCUT2D eigenvalue weighted by atomic mass is 19.1. The Labute approximate surface area is 190 Å². The van der Waals surface area contributed by atoms with E-state index in [2.05, 4.69) is 5.16 Å². The van der Waals surface area contributed by atoms with Gasteiger partial charge in [0.05, 0.1) is 28.7 Å². The summed E-state index contributed by atoms with van der Waals surface area (Å²) in [4.78, 5) is 30.5. The Kier molecular flexibility index (Phi) is 6.01. The van der Waals surface area contributed by atoms with E-state index in [0.717, 1.165) is 0 Å². The first kappa shape index (κ1) is 22.6. The van der Waals surface area contributed by atoms with Gasteiger partial charge in [-0.05, 0) is 81.5 Å². The third kappa shape index (κ3) is 4.94. The first-order chi connectivity index (χ1) is 15.6. The number of nitrogens with zero attached hydrogens (tertiary/aromatic N) is 3. The second-order valence-electron chi connectivity index (χ2n) is 9.44. The van der Waals surface area contributed by atoms with Gasteiger partial charge in [-0.3, -0.25) is 14.2 Å². The number of rotatable bonds is 5. The van der Waals surface area contributed by atoms with Gasteiger partial charge in [-0.15, -0.1) is 0 Å². The van der Waals surface area contributed by atoms with Gasteiger partial charge in [0.1, 0.15) is 17.2 Å². The fraction of sp³-hybridized carbons (Fsp3) is 0.360. The summed E-state index contributed by atoms with van der Waals surface area (Å²) in [6, 6.07) is 10.7.